The van der Waals surface area contributed by atoms with E-state index in [1.807, 2.05) is 25.1 Å². The molecule has 0 bridgehead atoms. The normalized spacial score (nSPS) is 17.8. The lowest BCUT2D eigenvalue weighted by Crippen LogP contribution is -2.25. The fourth-order valence-electron chi connectivity index (χ4n) is 3.79. The fourth-order valence-corrected chi connectivity index (χ4v) is 5.40. The smallest absolute Gasteiger partial charge is 0.259 e. The van der Waals surface area contributed by atoms with Gasteiger partial charge in [0, 0.05) is 9.90 Å². The van der Waals surface area contributed by atoms with E-state index in [0.717, 1.165) is 47.5 Å². The average Bonchev–Trinajstić information content (AvgIpc) is 2.99. The van der Waals surface area contributed by atoms with Gasteiger partial charge in [-0.15, -0.1) is 11.3 Å². The first kappa shape index (κ1) is 18.7. The summed E-state index contributed by atoms with van der Waals surface area (Å²) in [5.41, 5.74) is 2.43. The molecule has 4 rings (SSSR count). The molecule has 3 aromatic rings. The van der Waals surface area contributed by atoms with Crippen LogP contribution in [0.5, 0.6) is 0 Å². The first-order valence-corrected chi connectivity index (χ1v) is 10.7. The first-order chi connectivity index (χ1) is 13.0. The third kappa shape index (κ3) is 3.96. The van der Waals surface area contributed by atoms with Crippen molar-refractivity contribution in [3.05, 3.63) is 61.5 Å². The van der Waals surface area contributed by atoms with Crippen molar-refractivity contribution in [3.63, 3.8) is 0 Å². The summed E-state index contributed by atoms with van der Waals surface area (Å²) in [6.07, 6.45) is 4.09. The van der Waals surface area contributed by atoms with E-state index in [4.69, 9.17) is 16.6 Å². The molecule has 2 atom stereocenters. The topological polar surface area (TPSA) is 57.8 Å². The Labute approximate surface area is 168 Å². The molecule has 1 aromatic carbocycles. The minimum absolute atomic E-state index is 0.00513. The van der Waals surface area contributed by atoms with Crippen LogP contribution >= 0.6 is 22.9 Å². The van der Waals surface area contributed by atoms with Crippen molar-refractivity contribution in [2.45, 2.75) is 45.6 Å². The largest absolute Gasteiger partial charge is 0.309 e. The monoisotopic (exact) mass is 401 g/mol. The van der Waals surface area contributed by atoms with Crippen LogP contribution in [0.2, 0.25) is 5.02 Å². The lowest BCUT2D eigenvalue weighted by atomic mass is 9.89. The molecule has 4 nitrogen and oxygen atoms in total. The van der Waals surface area contributed by atoms with Crippen LogP contribution in [0.1, 0.15) is 48.1 Å². The molecule has 0 saturated carbocycles. The number of hydrogen-bond donors (Lipinski definition) is 2. The highest BCUT2D eigenvalue weighted by molar-refractivity contribution is 7.18. The maximum absolute atomic E-state index is 12.7. The van der Waals surface area contributed by atoms with Crippen LogP contribution in [0.4, 0.5) is 0 Å². The van der Waals surface area contributed by atoms with E-state index >= 15 is 0 Å². The number of nitrogens with zero attached hydrogens (tertiary/aromatic N) is 1. The van der Waals surface area contributed by atoms with Gasteiger partial charge in [0.25, 0.3) is 5.56 Å². The van der Waals surface area contributed by atoms with Gasteiger partial charge in [0.15, 0.2) is 0 Å². The molecule has 142 valence electrons. The van der Waals surface area contributed by atoms with E-state index in [-0.39, 0.29) is 11.6 Å². The molecule has 0 amide bonds. The van der Waals surface area contributed by atoms with Gasteiger partial charge >= 0.3 is 0 Å². The van der Waals surface area contributed by atoms with Gasteiger partial charge in [-0.2, -0.15) is 0 Å². The van der Waals surface area contributed by atoms with Gasteiger partial charge < -0.3 is 10.3 Å². The summed E-state index contributed by atoms with van der Waals surface area (Å²) < 4.78 is 0. The van der Waals surface area contributed by atoms with Gasteiger partial charge in [0.05, 0.1) is 11.4 Å². The molecule has 27 heavy (non-hydrogen) atoms. The van der Waals surface area contributed by atoms with Gasteiger partial charge in [0.2, 0.25) is 0 Å². The lowest BCUT2D eigenvalue weighted by molar-refractivity contribution is 0.509. The number of H-pyrrole nitrogens is 1. The van der Waals surface area contributed by atoms with Crippen molar-refractivity contribution in [1.82, 2.24) is 15.3 Å². The number of hydrogen-bond acceptors (Lipinski definition) is 4. The zero-order chi connectivity index (χ0) is 19.0. The number of rotatable bonds is 5. The molecule has 2 N–H and O–H groups in total. The Hall–Kier alpha value is -1.69. The van der Waals surface area contributed by atoms with Gasteiger partial charge in [-0.05, 0) is 68.3 Å². The molecule has 0 unspecified atom stereocenters. The minimum Gasteiger partial charge on any atom is -0.309 e. The highest BCUT2D eigenvalue weighted by Crippen LogP contribution is 2.35. The summed E-state index contributed by atoms with van der Waals surface area (Å²) in [4.78, 5) is 22.7. The lowest BCUT2D eigenvalue weighted by Gasteiger charge is -2.17. The Morgan fingerprint density at radius 2 is 2.30 bits per heavy atom. The number of nitrogens with one attached hydrogen (secondary N) is 2. The standard InChI is InChI=1S/C21H24ClN3OS/c1-12-6-7-16-17(10-12)27-21-18(16)20(26)24-19(25-21)13(2)23-9-8-14-4-3-5-15(22)11-14/h3-5,11-13,23H,6-10H2,1-2H3,(H,24,25,26)/t12-,13+/m0/s1. The summed E-state index contributed by atoms with van der Waals surface area (Å²) in [7, 11) is 0. The van der Waals surface area contributed by atoms with Crippen molar-refractivity contribution < 1.29 is 0 Å². The fraction of sp³-hybridized carbons (Fsp3) is 0.429. The van der Waals surface area contributed by atoms with Crippen LogP contribution in [0.3, 0.4) is 0 Å². The Bertz CT molecular complexity index is 1030. The number of aryl methyl sites for hydroxylation is 1. The van der Waals surface area contributed by atoms with E-state index in [9.17, 15) is 4.79 Å². The molecule has 0 radical (unpaired) electrons. The predicted octanol–water partition coefficient (Wildman–Crippen LogP) is 4.66. The number of aromatic amines is 1. The van der Waals surface area contributed by atoms with E-state index in [1.165, 1.54) is 16.0 Å². The number of thiophene rings is 1. The number of benzene rings is 1. The zero-order valence-corrected chi connectivity index (χ0v) is 17.2. The second-order valence-electron chi connectivity index (χ2n) is 7.54. The molecule has 0 aliphatic heterocycles. The summed E-state index contributed by atoms with van der Waals surface area (Å²) in [5, 5.41) is 5.03. The van der Waals surface area contributed by atoms with E-state index < -0.39 is 0 Å². The van der Waals surface area contributed by atoms with Crippen molar-refractivity contribution >= 4 is 33.2 Å². The van der Waals surface area contributed by atoms with E-state index in [1.54, 1.807) is 11.3 Å². The van der Waals surface area contributed by atoms with Crippen LogP contribution in [-0.4, -0.2) is 16.5 Å². The maximum atomic E-state index is 12.7. The van der Waals surface area contributed by atoms with Crippen molar-refractivity contribution in [2.24, 2.45) is 5.92 Å². The number of fused-ring (bicyclic) bond motifs is 3. The maximum Gasteiger partial charge on any atom is 0.259 e. The third-order valence-electron chi connectivity index (χ3n) is 5.35. The molecule has 0 spiro atoms. The Kier molecular flexibility index (Phi) is 5.35. The van der Waals surface area contributed by atoms with E-state index in [0.29, 0.717) is 11.7 Å². The van der Waals surface area contributed by atoms with Crippen LogP contribution in [0, 0.1) is 5.92 Å². The summed E-state index contributed by atoms with van der Waals surface area (Å²) in [5.74, 6) is 1.40. The summed E-state index contributed by atoms with van der Waals surface area (Å²) >= 11 is 7.74. The van der Waals surface area contributed by atoms with Crippen LogP contribution in [-0.2, 0) is 19.3 Å². The second-order valence-corrected chi connectivity index (χ2v) is 9.06. The van der Waals surface area contributed by atoms with Crippen LogP contribution in [0.25, 0.3) is 10.2 Å². The molecule has 0 saturated heterocycles. The van der Waals surface area contributed by atoms with Crippen LogP contribution < -0.4 is 10.9 Å². The highest BCUT2D eigenvalue weighted by Gasteiger charge is 2.23. The van der Waals surface area contributed by atoms with Crippen molar-refractivity contribution in [2.75, 3.05) is 6.54 Å². The molecular formula is C21H24ClN3OS. The Morgan fingerprint density at radius 1 is 1.44 bits per heavy atom. The Morgan fingerprint density at radius 3 is 3.11 bits per heavy atom. The van der Waals surface area contributed by atoms with Gasteiger partial charge in [-0.3, -0.25) is 4.79 Å². The molecule has 6 heteroatoms. The molecule has 1 aliphatic carbocycles. The number of aromatic nitrogens is 2. The highest BCUT2D eigenvalue weighted by atomic mass is 35.5. The number of halogens is 1. The summed E-state index contributed by atoms with van der Waals surface area (Å²) in [6.45, 7) is 5.11. The van der Waals surface area contributed by atoms with Crippen LogP contribution in [0.15, 0.2) is 29.1 Å². The molecular weight excluding hydrogens is 378 g/mol. The zero-order valence-electron chi connectivity index (χ0n) is 15.6. The van der Waals surface area contributed by atoms with Gasteiger partial charge in [-0.1, -0.05) is 30.7 Å². The molecule has 2 heterocycles. The van der Waals surface area contributed by atoms with Gasteiger partial charge in [-0.25, -0.2) is 4.98 Å². The van der Waals surface area contributed by atoms with Crippen molar-refractivity contribution in [1.29, 1.82) is 0 Å². The predicted molar refractivity (Wildman–Crippen MR) is 113 cm³/mol. The Balaban J connectivity index is 1.50. The minimum atomic E-state index is -0.0145. The summed E-state index contributed by atoms with van der Waals surface area (Å²) in [6, 6.07) is 7.89. The molecule has 2 aromatic heterocycles. The van der Waals surface area contributed by atoms with Crippen molar-refractivity contribution in [3.8, 4) is 0 Å². The average molecular weight is 402 g/mol. The van der Waals surface area contributed by atoms with Gasteiger partial charge in [0.1, 0.15) is 10.7 Å². The van der Waals surface area contributed by atoms with E-state index in [2.05, 4.69) is 23.3 Å². The SMILES string of the molecule is C[C@H]1CCc2c(sc3nc([C@@H](C)NCCc4cccc(Cl)c4)[nH]c(=O)c23)C1. The third-order valence-corrected chi connectivity index (χ3v) is 6.73. The molecule has 1 aliphatic rings. The second kappa shape index (κ2) is 7.74. The first-order valence-electron chi connectivity index (χ1n) is 9.53. The quantitative estimate of drug-likeness (QED) is 0.653. The molecule has 0 fully saturated rings.